The molecule has 0 saturated heterocycles. The molecule has 4 heteroatoms. The van der Waals surface area contributed by atoms with Crippen LogP contribution in [0.4, 0.5) is 4.39 Å². The second-order valence-electron chi connectivity index (χ2n) is 3.80. The molecule has 1 N–H and O–H groups in total. The van der Waals surface area contributed by atoms with Crippen LogP contribution in [0, 0.1) is 23.1 Å². The van der Waals surface area contributed by atoms with Gasteiger partial charge in [-0.3, -0.25) is 0 Å². The van der Waals surface area contributed by atoms with E-state index in [4.69, 9.17) is 22.0 Å². The number of nitrogens with zero attached hydrogens (tertiary/aromatic N) is 1. The summed E-state index contributed by atoms with van der Waals surface area (Å²) in [4.78, 5) is 0. The predicted octanol–water partition coefficient (Wildman–Crippen LogP) is 2.25. The molecule has 1 aliphatic rings. The number of aliphatic hydroxyl groups is 1. The molecule has 15 heavy (non-hydrogen) atoms. The molecule has 1 saturated carbocycles. The number of hydrogen-bond donors (Lipinski definition) is 1. The van der Waals surface area contributed by atoms with E-state index in [2.05, 4.69) is 6.07 Å². The van der Waals surface area contributed by atoms with Gasteiger partial charge in [-0.05, 0) is 24.1 Å². The van der Waals surface area contributed by atoms with Crippen molar-refractivity contribution in [2.75, 3.05) is 6.61 Å². The minimum absolute atomic E-state index is 0.0192. The van der Waals surface area contributed by atoms with E-state index in [0.29, 0.717) is 12.0 Å². The maximum Gasteiger partial charge on any atom is 0.141 e. The molecular weight excluding hydrogens is 217 g/mol. The monoisotopic (exact) mass is 225 g/mol. The zero-order chi connectivity index (χ0) is 11.1. The first-order valence-corrected chi connectivity index (χ1v) is 4.99. The lowest BCUT2D eigenvalue weighted by Crippen LogP contribution is -2.09. The molecule has 78 valence electrons. The van der Waals surface area contributed by atoms with Gasteiger partial charge in [-0.1, -0.05) is 17.7 Å². The Morgan fingerprint density at radius 2 is 2.40 bits per heavy atom. The molecule has 2 atom stereocenters. The lowest BCUT2D eigenvalue weighted by molar-refractivity contribution is 0.269. The Balaban J connectivity index is 2.39. The van der Waals surface area contributed by atoms with Gasteiger partial charge < -0.3 is 5.11 Å². The highest BCUT2D eigenvalue weighted by atomic mass is 35.5. The van der Waals surface area contributed by atoms with Gasteiger partial charge in [0.2, 0.25) is 0 Å². The van der Waals surface area contributed by atoms with Crippen LogP contribution in [0.15, 0.2) is 18.2 Å². The number of aliphatic hydroxyl groups excluding tert-OH is 1. The molecule has 1 aromatic rings. The van der Waals surface area contributed by atoms with Gasteiger partial charge in [0.15, 0.2) is 0 Å². The Labute approximate surface area is 91.9 Å². The van der Waals surface area contributed by atoms with E-state index in [1.165, 1.54) is 12.1 Å². The maximum absolute atomic E-state index is 12.9. The summed E-state index contributed by atoms with van der Waals surface area (Å²) in [6.07, 6.45) is 0.613. The third-order valence-electron chi connectivity index (χ3n) is 2.96. The highest BCUT2D eigenvalue weighted by Gasteiger charge is 2.55. The van der Waals surface area contributed by atoms with Crippen molar-refractivity contribution >= 4 is 11.6 Å². The third kappa shape index (κ3) is 1.50. The first-order chi connectivity index (χ1) is 7.14. The normalized spacial score (nSPS) is 28.5. The molecule has 0 aliphatic heterocycles. The molecule has 2 rings (SSSR count). The molecule has 0 aromatic heterocycles. The van der Waals surface area contributed by atoms with Crippen molar-refractivity contribution in [1.82, 2.24) is 0 Å². The Hall–Kier alpha value is -1.11. The van der Waals surface area contributed by atoms with E-state index in [9.17, 15) is 4.39 Å². The summed E-state index contributed by atoms with van der Waals surface area (Å²) in [5.41, 5.74) is 0.0296. The van der Waals surface area contributed by atoms with Crippen LogP contribution in [0.2, 0.25) is 5.02 Å². The molecule has 0 bridgehead atoms. The smallest absolute Gasteiger partial charge is 0.141 e. The van der Waals surface area contributed by atoms with Crippen LogP contribution in [0.25, 0.3) is 0 Å². The van der Waals surface area contributed by atoms with Crippen LogP contribution in [0.1, 0.15) is 12.0 Å². The molecule has 1 unspecified atom stereocenters. The van der Waals surface area contributed by atoms with Crippen LogP contribution in [0.3, 0.4) is 0 Å². The number of halogens is 2. The van der Waals surface area contributed by atoms with Gasteiger partial charge in [0.05, 0.1) is 16.5 Å². The Morgan fingerprint density at radius 3 is 2.87 bits per heavy atom. The molecule has 0 spiro atoms. The largest absolute Gasteiger partial charge is 0.396 e. The lowest BCUT2D eigenvalue weighted by Gasteiger charge is -2.08. The van der Waals surface area contributed by atoms with Crippen molar-refractivity contribution in [3.8, 4) is 6.07 Å². The van der Waals surface area contributed by atoms with Gasteiger partial charge in [0.1, 0.15) is 5.82 Å². The van der Waals surface area contributed by atoms with Gasteiger partial charge in [0, 0.05) is 12.5 Å². The standard InChI is InChI=1S/C11H9ClFNO/c12-9-3-7(1-2-10(9)13)11(6-14)4-8(11)5-15/h1-3,8,15H,4-5H2/t8-,11?/m0/s1. The van der Waals surface area contributed by atoms with E-state index >= 15 is 0 Å². The van der Waals surface area contributed by atoms with Crippen LogP contribution in [0.5, 0.6) is 0 Å². The fourth-order valence-corrected chi connectivity index (χ4v) is 2.06. The first kappa shape index (κ1) is 10.4. The second kappa shape index (κ2) is 3.48. The Kier molecular flexibility index (Phi) is 2.41. The quantitative estimate of drug-likeness (QED) is 0.839. The summed E-state index contributed by atoms with van der Waals surface area (Å²) >= 11 is 5.65. The van der Waals surface area contributed by atoms with E-state index < -0.39 is 11.2 Å². The van der Waals surface area contributed by atoms with Gasteiger partial charge in [-0.15, -0.1) is 0 Å². The summed E-state index contributed by atoms with van der Waals surface area (Å²) in [6, 6.07) is 6.45. The predicted molar refractivity (Wildman–Crippen MR) is 53.9 cm³/mol. The minimum atomic E-state index is -0.661. The SMILES string of the molecule is N#CC1(c2ccc(F)c(Cl)c2)C[C@H]1CO. The molecule has 2 nitrogen and oxygen atoms in total. The number of rotatable bonds is 2. The Morgan fingerprint density at radius 1 is 1.67 bits per heavy atom. The fraction of sp³-hybridized carbons (Fsp3) is 0.364. The maximum atomic E-state index is 12.9. The van der Waals surface area contributed by atoms with Gasteiger partial charge in [0.25, 0.3) is 0 Å². The summed E-state index contributed by atoms with van der Waals surface area (Å²) in [5.74, 6) is -0.543. The third-order valence-corrected chi connectivity index (χ3v) is 3.25. The molecule has 0 amide bonds. The molecule has 1 aliphatic carbocycles. The van der Waals surface area contributed by atoms with Crippen molar-refractivity contribution < 1.29 is 9.50 Å². The summed E-state index contributed by atoms with van der Waals surface area (Å²) < 4.78 is 12.9. The van der Waals surface area contributed by atoms with E-state index in [-0.39, 0.29) is 17.5 Å². The molecule has 1 fully saturated rings. The minimum Gasteiger partial charge on any atom is -0.396 e. The van der Waals surface area contributed by atoms with E-state index in [0.717, 1.165) is 0 Å². The highest BCUT2D eigenvalue weighted by molar-refractivity contribution is 6.30. The van der Waals surface area contributed by atoms with Crippen molar-refractivity contribution in [2.45, 2.75) is 11.8 Å². The van der Waals surface area contributed by atoms with E-state index in [1.54, 1.807) is 6.07 Å². The lowest BCUT2D eigenvalue weighted by atomic mass is 9.95. The van der Waals surface area contributed by atoms with Crippen LogP contribution >= 0.6 is 11.6 Å². The molecule has 0 heterocycles. The summed E-state index contributed by atoms with van der Waals surface area (Å²) in [5, 5.41) is 18.1. The average Bonchev–Trinajstić information content (AvgIpc) is 2.97. The highest BCUT2D eigenvalue weighted by Crippen LogP contribution is 2.53. The summed E-state index contributed by atoms with van der Waals surface area (Å²) in [7, 11) is 0. The summed E-state index contributed by atoms with van der Waals surface area (Å²) in [6.45, 7) is -0.0252. The van der Waals surface area contributed by atoms with Crippen LogP contribution in [-0.4, -0.2) is 11.7 Å². The molecular formula is C11H9ClFNO. The van der Waals surface area contributed by atoms with Crippen LogP contribution in [-0.2, 0) is 5.41 Å². The zero-order valence-corrected chi connectivity index (χ0v) is 8.63. The van der Waals surface area contributed by atoms with Gasteiger partial charge >= 0.3 is 0 Å². The van der Waals surface area contributed by atoms with Crippen molar-refractivity contribution in [3.63, 3.8) is 0 Å². The molecule has 0 radical (unpaired) electrons. The van der Waals surface area contributed by atoms with Gasteiger partial charge in [-0.25, -0.2) is 4.39 Å². The fourth-order valence-electron chi connectivity index (χ4n) is 1.88. The zero-order valence-electron chi connectivity index (χ0n) is 7.87. The van der Waals surface area contributed by atoms with Crippen LogP contribution < -0.4 is 0 Å². The second-order valence-corrected chi connectivity index (χ2v) is 4.20. The number of hydrogen-bond acceptors (Lipinski definition) is 2. The average molecular weight is 226 g/mol. The van der Waals surface area contributed by atoms with Crippen molar-refractivity contribution in [2.24, 2.45) is 5.92 Å². The molecule has 1 aromatic carbocycles. The number of nitriles is 1. The van der Waals surface area contributed by atoms with E-state index in [1.807, 2.05) is 0 Å². The van der Waals surface area contributed by atoms with Crippen molar-refractivity contribution in [1.29, 1.82) is 5.26 Å². The first-order valence-electron chi connectivity index (χ1n) is 4.61. The Bertz CT molecular complexity index is 443. The number of benzene rings is 1. The topological polar surface area (TPSA) is 44.0 Å². The van der Waals surface area contributed by atoms with Crippen molar-refractivity contribution in [3.05, 3.63) is 34.6 Å². The van der Waals surface area contributed by atoms with Gasteiger partial charge in [-0.2, -0.15) is 5.26 Å².